The quantitative estimate of drug-likeness (QED) is 0.247. The van der Waals surface area contributed by atoms with E-state index < -0.39 is 0 Å². The van der Waals surface area contributed by atoms with Crippen molar-refractivity contribution in [1.29, 1.82) is 0 Å². The van der Waals surface area contributed by atoms with Gasteiger partial charge in [0, 0.05) is 21.5 Å². The molecule has 3 aromatic carbocycles. The lowest BCUT2D eigenvalue weighted by Gasteiger charge is -2.13. The number of carbonyl (C=O) groups is 2. The number of ether oxygens (including phenoxy) is 3. The van der Waals surface area contributed by atoms with Gasteiger partial charge in [0.05, 0.1) is 32.8 Å². The maximum atomic E-state index is 12.9. The fourth-order valence-electron chi connectivity index (χ4n) is 3.46. The molecule has 4 aromatic rings. The van der Waals surface area contributed by atoms with Crippen molar-refractivity contribution in [3.63, 3.8) is 0 Å². The predicted octanol–water partition coefficient (Wildman–Crippen LogP) is 5.82. The van der Waals surface area contributed by atoms with Crippen LogP contribution in [0, 0.1) is 0 Å². The standard InChI is InChI=1S/C27H25N3O5S2/c1-33-19-12-10-17(11-13-19)21-15-37-27(29-21)30-24(31)16-36-20-7-4-6-18(14-20)28-26(32)25-22(34-2)8-5-9-23(25)35-3/h4-15H,16H2,1-3H3,(H,28,32)(H,29,30,31). The Morgan fingerprint density at radius 2 is 1.59 bits per heavy atom. The van der Waals surface area contributed by atoms with E-state index in [9.17, 15) is 9.59 Å². The number of hydrogen-bond donors (Lipinski definition) is 2. The zero-order chi connectivity index (χ0) is 26.2. The Morgan fingerprint density at radius 3 is 2.27 bits per heavy atom. The molecule has 1 heterocycles. The molecule has 0 aliphatic heterocycles. The maximum absolute atomic E-state index is 12.9. The molecule has 37 heavy (non-hydrogen) atoms. The summed E-state index contributed by atoms with van der Waals surface area (Å²) in [5, 5.41) is 8.14. The topological polar surface area (TPSA) is 98.8 Å². The smallest absolute Gasteiger partial charge is 0.263 e. The van der Waals surface area contributed by atoms with E-state index in [1.165, 1.54) is 37.3 Å². The van der Waals surface area contributed by atoms with Crippen molar-refractivity contribution >= 4 is 45.7 Å². The fraction of sp³-hybridized carbons (Fsp3) is 0.148. The average Bonchev–Trinajstić information content (AvgIpc) is 3.39. The number of methoxy groups -OCH3 is 3. The third kappa shape index (κ3) is 6.60. The lowest BCUT2D eigenvalue weighted by molar-refractivity contribution is -0.113. The van der Waals surface area contributed by atoms with Gasteiger partial charge >= 0.3 is 0 Å². The Hall–Kier alpha value is -4.02. The van der Waals surface area contributed by atoms with Crippen molar-refractivity contribution in [3.05, 3.63) is 77.7 Å². The third-order valence-electron chi connectivity index (χ3n) is 5.25. The summed E-state index contributed by atoms with van der Waals surface area (Å²) in [7, 11) is 4.62. The number of rotatable bonds is 10. The van der Waals surface area contributed by atoms with E-state index in [-0.39, 0.29) is 17.6 Å². The maximum Gasteiger partial charge on any atom is 0.263 e. The van der Waals surface area contributed by atoms with Crippen LogP contribution in [0.4, 0.5) is 10.8 Å². The highest BCUT2D eigenvalue weighted by Crippen LogP contribution is 2.30. The van der Waals surface area contributed by atoms with Crippen LogP contribution in [0.3, 0.4) is 0 Å². The first-order valence-electron chi connectivity index (χ1n) is 11.2. The lowest BCUT2D eigenvalue weighted by Crippen LogP contribution is -2.15. The molecular weight excluding hydrogens is 510 g/mol. The van der Waals surface area contributed by atoms with Crippen LogP contribution in [0.2, 0.25) is 0 Å². The molecule has 2 N–H and O–H groups in total. The van der Waals surface area contributed by atoms with E-state index in [2.05, 4.69) is 15.6 Å². The Labute approximate surface area is 223 Å². The molecule has 0 aliphatic rings. The highest BCUT2D eigenvalue weighted by atomic mass is 32.2. The second-order valence-electron chi connectivity index (χ2n) is 7.62. The van der Waals surface area contributed by atoms with E-state index in [4.69, 9.17) is 14.2 Å². The van der Waals surface area contributed by atoms with Crippen molar-refractivity contribution < 1.29 is 23.8 Å². The van der Waals surface area contributed by atoms with Crippen LogP contribution in [-0.2, 0) is 4.79 Å². The largest absolute Gasteiger partial charge is 0.497 e. The number of aromatic nitrogens is 1. The number of amides is 2. The molecule has 2 amide bonds. The first-order valence-corrected chi connectivity index (χ1v) is 13.0. The average molecular weight is 536 g/mol. The zero-order valence-electron chi connectivity index (χ0n) is 20.4. The summed E-state index contributed by atoms with van der Waals surface area (Å²) in [6.07, 6.45) is 0. The molecule has 0 unspecified atom stereocenters. The summed E-state index contributed by atoms with van der Waals surface area (Å²) < 4.78 is 15.8. The number of hydrogen-bond acceptors (Lipinski definition) is 8. The van der Waals surface area contributed by atoms with Gasteiger partial charge in [-0.1, -0.05) is 12.1 Å². The fourth-order valence-corrected chi connectivity index (χ4v) is 4.95. The minimum absolute atomic E-state index is 0.172. The first-order chi connectivity index (χ1) is 18.0. The van der Waals surface area contributed by atoms with Crippen molar-refractivity contribution in [2.75, 3.05) is 37.7 Å². The van der Waals surface area contributed by atoms with Gasteiger partial charge in [-0.3, -0.25) is 9.59 Å². The minimum atomic E-state index is -0.356. The number of nitrogens with one attached hydrogen (secondary N) is 2. The predicted molar refractivity (Wildman–Crippen MR) is 147 cm³/mol. The van der Waals surface area contributed by atoms with Crippen LogP contribution in [-0.4, -0.2) is 43.9 Å². The molecule has 0 saturated heterocycles. The molecule has 0 spiro atoms. The Morgan fingerprint density at radius 1 is 0.892 bits per heavy atom. The van der Waals surface area contributed by atoms with Gasteiger partial charge in [-0.25, -0.2) is 4.98 Å². The second-order valence-corrected chi connectivity index (χ2v) is 9.53. The number of anilines is 2. The molecule has 0 radical (unpaired) electrons. The van der Waals surface area contributed by atoms with Crippen LogP contribution in [0.25, 0.3) is 11.3 Å². The second kappa shape index (κ2) is 12.3. The van der Waals surface area contributed by atoms with E-state index in [1.807, 2.05) is 47.8 Å². The van der Waals surface area contributed by atoms with Crippen molar-refractivity contribution in [1.82, 2.24) is 4.98 Å². The molecule has 0 saturated carbocycles. The molecule has 0 atom stereocenters. The molecule has 190 valence electrons. The zero-order valence-corrected chi connectivity index (χ0v) is 22.1. The van der Waals surface area contributed by atoms with E-state index in [0.29, 0.717) is 27.9 Å². The number of benzene rings is 3. The van der Waals surface area contributed by atoms with Gasteiger partial charge in [-0.05, 0) is 54.6 Å². The van der Waals surface area contributed by atoms with Crippen molar-refractivity contribution in [2.24, 2.45) is 0 Å². The summed E-state index contributed by atoms with van der Waals surface area (Å²) in [6.45, 7) is 0. The van der Waals surface area contributed by atoms with Crippen LogP contribution in [0.1, 0.15) is 10.4 Å². The number of thiazole rings is 1. The van der Waals surface area contributed by atoms with Crippen LogP contribution in [0.5, 0.6) is 17.2 Å². The van der Waals surface area contributed by atoms with Crippen molar-refractivity contribution in [2.45, 2.75) is 4.90 Å². The molecule has 4 rings (SSSR count). The third-order valence-corrected chi connectivity index (χ3v) is 7.00. The van der Waals surface area contributed by atoms with Gasteiger partial charge in [0.25, 0.3) is 5.91 Å². The normalized spacial score (nSPS) is 10.5. The molecule has 8 nitrogen and oxygen atoms in total. The van der Waals surface area contributed by atoms with Gasteiger partial charge in [0.15, 0.2) is 5.13 Å². The van der Waals surface area contributed by atoms with E-state index in [0.717, 1.165) is 21.9 Å². The molecule has 10 heteroatoms. The molecule has 0 aliphatic carbocycles. The number of nitrogens with zero attached hydrogens (tertiary/aromatic N) is 1. The monoisotopic (exact) mass is 535 g/mol. The molecular formula is C27H25N3O5S2. The highest BCUT2D eigenvalue weighted by Gasteiger charge is 2.18. The van der Waals surface area contributed by atoms with Crippen LogP contribution >= 0.6 is 23.1 Å². The van der Waals surface area contributed by atoms with Crippen LogP contribution in [0.15, 0.2) is 77.0 Å². The Kier molecular flexibility index (Phi) is 8.65. The summed E-state index contributed by atoms with van der Waals surface area (Å²) in [6, 6.07) is 20.0. The van der Waals surface area contributed by atoms with Gasteiger partial charge in [-0.2, -0.15) is 0 Å². The summed E-state index contributed by atoms with van der Waals surface area (Å²) >= 11 is 2.72. The molecule has 1 aromatic heterocycles. The van der Waals surface area contributed by atoms with E-state index in [1.54, 1.807) is 31.4 Å². The van der Waals surface area contributed by atoms with Gasteiger partial charge in [0.1, 0.15) is 22.8 Å². The lowest BCUT2D eigenvalue weighted by atomic mass is 10.1. The highest BCUT2D eigenvalue weighted by molar-refractivity contribution is 8.00. The Balaban J connectivity index is 1.34. The van der Waals surface area contributed by atoms with Crippen molar-refractivity contribution in [3.8, 4) is 28.5 Å². The summed E-state index contributed by atoms with van der Waals surface area (Å²) in [5.74, 6) is 1.26. The summed E-state index contributed by atoms with van der Waals surface area (Å²) in [4.78, 5) is 30.8. The van der Waals surface area contributed by atoms with Gasteiger partial charge in [0.2, 0.25) is 5.91 Å². The number of thioether (sulfide) groups is 1. The number of carbonyl (C=O) groups excluding carboxylic acids is 2. The van der Waals surface area contributed by atoms with Gasteiger partial charge < -0.3 is 24.8 Å². The Bertz CT molecular complexity index is 1370. The molecule has 0 bridgehead atoms. The SMILES string of the molecule is COc1ccc(-c2csc(NC(=O)CSc3cccc(NC(=O)c4c(OC)cccc4OC)c3)n2)cc1. The van der Waals surface area contributed by atoms with Crippen LogP contribution < -0.4 is 24.8 Å². The van der Waals surface area contributed by atoms with Gasteiger partial charge in [-0.15, -0.1) is 23.1 Å². The van der Waals surface area contributed by atoms with E-state index >= 15 is 0 Å². The minimum Gasteiger partial charge on any atom is -0.497 e. The first kappa shape index (κ1) is 26.1. The molecule has 0 fully saturated rings. The summed E-state index contributed by atoms with van der Waals surface area (Å²) in [5.41, 5.74) is 2.62.